The van der Waals surface area contributed by atoms with Gasteiger partial charge in [0.15, 0.2) is 0 Å². The molecule has 0 amide bonds. The van der Waals surface area contributed by atoms with Crippen molar-refractivity contribution in [1.29, 1.82) is 0 Å². The lowest BCUT2D eigenvalue weighted by Crippen LogP contribution is -2.28. The highest BCUT2D eigenvalue weighted by molar-refractivity contribution is 4.83. The molecule has 0 aromatic heterocycles. The second-order valence-corrected chi connectivity index (χ2v) is 3.64. The van der Waals surface area contributed by atoms with Gasteiger partial charge >= 0.3 is 0 Å². The van der Waals surface area contributed by atoms with Crippen LogP contribution in [-0.4, -0.2) is 58.7 Å². The molecule has 12 heavy (non-hydrogen) atoms. The summed E-state index contributed by atoms with van der Waals surface area (Å²) >= 11 is 0. The lowest BCUT2D eigenvalue weighted by Gasteiger charge is -2.18. The van der Waals surface area contributed by atoms with Crippen molar-refractivity contribution in [2.45, 2.75) is 19.1 Å². The molecule has 3 N–H and O–H groups in total. The molecule has 1 saturated heterocycles. The molecule has 0 spiro atoms. The van der Waals surface area contributed by atoms with Crippen LogP contribution in [0.4, 0.5) is 0 Å². The van der Waals surface area contributed by atoms with E-state index in [0.717, 1.165) is 6.54 Å². The van der Waals surface area contributed by atoms with Crippen LogP contribution < -0.4 is 0 Å². The average molecular weight is 175 g/mol. The number of aliphatic hydroxyl groups is 3. The molecule has 0 aromatic rings. The fraction of sp³-hybridized carbons (Fsp3) is 1.00. The van der Waals surface area contributed by atoms with Gasteiger partial charge in [-0.05, 0) is 5.92 Å². The third kappa shape index (κ3) is 2.42. The molecular weight excluding hydrogens is 158 g/mol. The Morgan fingerprint density at radius 2 is 1.83 bits per heavy atom. The summed E-state index contributed by atoms with van der Waals surface area (Å²) in [5.74, 6) is 0.211. The molecule has 0 unspecified atom stereocenters. The van der Waals surface area contributed by atoms with Gasteiger partial charge in [-0.2, -0.15) is 0 Å². The summed E-state index contributed by atoms with van der Waals surface area (Å²) in [6, 6.07) is 0. The summed E-state index contributed by atoms with van der Waals surface area (Å²) in [6.45, 7) is 3.88. The fourth-order valence-electron chi connectivity index (χ4n) is 1.49. The van der Waals surface area contributed by atoms with Crippen molar-refractivity contribution in [3.05, 3.63) is 0 Å². The van der Waals surface area contributed by atoms with Crippen molar-refractivity contribution < 1.29 is 15.3 Å². The Bertz CT molecular complexity index is 132. The molecule has 0 aliphatic carbocycles. The highest BCUT2D eigenvalue weighted by Gasteiger charge is 2.29. The van der Waals surface area contributed by atoms with Crippen LogP contribution in [-0.2, 0) is 0 Å². The minimum absolute atomic E-state index is 0.155. The topological polar surface area (TPSA) is 63.9 Å². The SMILES string of the molecule is C[C@@H](CO)CN1C[C@@H](O)[C@H](O)C1. The Labute approximate surface area is 72.4 Å². The predicted octanol–water partition coefficient (Wildman–Crippen LogP) is -1.35. The van der Waals surface area contributed by atoms with Gasteiger partial charge in [0, 0.05) is 26.2 Å². The van der Waals surface area contributed by atoms with E-state index in [-0.39, 0.29) is 12.5 Å². The van der Waals surface area contributed by atoms with Crippen LogP contribution in [0.1, 0.15) is 6.92 Å². The van der Waals surface area contributed by atoms with E-state index in [4.69, 9.17) is 5.11 Å². The van der Waals surface area contributed by atoms with Gasteiger partial charge in [-0.3, -0.25) is 4.90 Å². The van der Waals surface area contributed by atoms with Crippen LogP contribution in [0.15, 0.2) is 0 Å². The molecule has 4 nitrogen and oxygen atoms in total. The van der Waals surface area contributed by atoms with Crippen LogP contribution in [0.2, 0.25) is 0 Å². The van der Waals surface area contributed by atoms with Gasteiger partial charge in [0.25, 0.3) is 0 Å². The van der Waals surface area contributed by atoms with Gasteiger partial charge < -0.3 is 15.3 Å². The summed E-state index contributed by atoms with van der Waals surface area (Å²) < 4.78 is 0. The molecule has 1 heterocycles. The largest absolute Gasteiger partial charge is 0.396 e. The summed E-state index contributed by atoms with van der Waals surface area (Å²) in [4.78, 5) is 1.97. The number of hydrogen-bond donors (Lipinski definition) is 3. The molecule has 72 valence electrons. The van der Waals surface area contributed by atoms with E-state index in [9.17, 15) is 10.2 Å². The first kappa shape index (κ1) is 9.92. The Kier molecular flexibility index (Phi) is 3.46. The monoisotopic (exact) mass is 175 g/mol. The molecule has 0 bridgehead atoms. The van der Waals surface area contributed by atoms with Crippen LogP contribution in [0.25, 0.3) is 0 Å². The van der Waals surface area contributed by atoms with Crippen molar-refractivity contribution >= 4 is 0 Å². The maximum absolute atomic E-state index is 9.20. The Morgan fingerprint density at radius 3 is 2.25 bits per heavy atom. The average Bonchev–Trinajstić information content (AvgIpc) is 2.31. The summed E-state index contributed by atoms with van der Waals surface area (Å²) in [5, 5.41) is 27.2. The molecule has 0 aromatic carbocycles. The van der Waals surface area contributed by atoms with E-state index in [1.807, 2.05) is 11.8 Å². The standard InChI is InChI=1S/C8H17NO3/c1-6(5-10)2-9-3-7(11)8(12)4-9/h6-8,10-12H,2-5H2,1H3/t6-,7-,8-/m1/s1. The third-order valence-electron chi connectivity index (χ3n) is 2.22. The van der Waals surface area contributed by atoms with E-state index in [1.165, 1.54) is 0 Å². The van der Waals surface area contributed by atoms with Gasteiger partial charge in [-0.15, -0.1) is 0 Å². The van der Waals surface area contributed by atoms with Gasteiger partial charge in [0.1, 0.15) is 0 Å². The van der Waals surface area contributed by atoms with Gasteiger partial charge in [-0.25, -0.2) is 0 Å². The normalized spacial score (nSPS) is 34.0. The van der Waals surface area contributed by atoms with Crippen molar-refractivity contribution in [3.8, 4) is 0 Å². The molecular formula is C8H17NO3. The molecule has 0 radical (unpaired) electrons. The zero-order valence-electron chi connectivity index (χ0n) is 7.35. The van der Waals surface area contributed by atoms with Crippen molar-refractivity contribution in [1.82, 2.24) is 4.90 Å². The molecule has 3 atom stereocenters. The van der Waals surface area contributed by atoms with E-state index >= 15 is 0 Å². The van der Waals surface area contributed by atoms with Crippen LogP contribution in [0.5, 0.6) is 0 Å². The quantitative estimate of drug-likeness (QED) is 0.496. The minimum atomic E-state index is -0.615. The van der Waals surface area contributed by atoms with Crippen LogP contribution >= 0.6 is 0 Å². The van der Waals surface area contributed by atoms with E-state index in [2.05, 4.69) is 0 Å². The predicted molar refractivity (Wildman–Crippen MR) is 44.7 cm³/mol. The number of likely N-dealkylation sites (tertiary alicyclic amines) is 1. The number of aliphatic hydroxyl groups excluding tert-OH is 3. The molecule has 0 saturated carbocycles. The first-order valence-electron chi connectivity index (χ1n) is 4.32. The first-order chi connectivity index (χ1) is 5.63. The lowest BCUT2D eigenvalue weighted by atomic mass is 10.2. The fourth-order valence-corrected chi connectivity index (χ4v) is 1.49. The Balaban J connectivity index is 2.27. The van der Waals surface area contributed by atoms with Gasteiger partial charge in [0.2, 0.25) is 0 Å². The maximum Gasteiger partial charge on any atom is 0.0938 e. The molecule has 4 heteroatoms. The van der Waals surface area contributed by atoms with E-state index < -0.39 is 12.2 Å². The number of hydrogen-bond acceptors (Lipinski definition) is 4. The Hall–Kier alpha value is -0.160. The zero-order chi connectivity index (χ0) is 9.14. The van der Waals surface area contributed by atoms with Gasteiger partial charge in [-0.1, -0.05) is 6.92 Å². The summed E-state index contributed by atoms with van der Waals surface area (Å²) in [5.41, 5.74) is 0. The van der Waals surface area contributed by atoms with Crippen molar-refractivity contribution in [2.24, 2.45) is 5.92 Å². The summed E-state index contributed by atoms with van der Waals surface area (Å²) in [6.07, 6.45) is -1.23. The third-order valence-corrected chi connectivity index (χ3v) is 2.22. The van der Waals surface area contributed by atoms with Gasteiger partial charge in [0.05, 0.1) is 12.2 Å². The number of β-amino-alcohol motifs (C(OH)–C–C–N with tert-alkyl or cyclic N) is 2. The summed E-state index contributed by atoms with van der Waals surface area (Å²) in [7, 11) is 0. The first-order valence-corrected chi connectivity index (χ1v) is 4.32. The second-order valence-electron chi connectivity index (χ2n) is 3.64. The van der Waals surface area contributed by atoms with E-state index in [0.29, 0.717) is 13.1 Å². The number of nitrogens with zero attached hydrogens (tertiary/aromatic N) is 1. The highest BCUT2D eigenvalue weighted by Crippen LogP contribution is 2.11. The zero-order valence-corrected chi connectivity index (χ0v) is 7.35. The smallest absolute Gasteiger partial charge is 0.0938 e. The highest BCUT2D eigenvalue weighted by atomic mass is 16.3. The molecule has 1 aliphatic heterocycles. The van der Waals surface area contributed by atoms with Crippen LogP contribution in [0.3, 0.4) is 0 Å². The lowest BCUT2D eigenvalue weighted by molar-refractivity contribution is 0.0572. The van der Waals surface area contributed by atoms with Crippen molar-refractivity contribution in [2.75, 3.05) is 26.2 Å². The molecule has 1 aliphatic rings. The van der Waals surface area contributed by atoms with E-state index in [1.54, 1.807) is 0 Å². The van der Waals surface area contributed by atoms with Crippen molar-refractivity contribution in [3.63, 3.8) is 0 Å². The number of rotatable bonds is 3. The minimum Gasteiger partial charge on any atom is -0.396 e. The molecule has 1 rings (SSSR count). The Morgan fingerprint density at radius 1 is 1.33 bits per heavy atom. The maximum atomic E-state index is 9.20. The second kappa shape index (κ2) is 4.18. The van der Waals surface area contributed by atoms with Crippen LogP contribution in [0, 0.1) is 5.92 Å². The molecule has 1 fully saturated rings.